The van der Waals surface area contributed by atoms with Crippen LogP contribution >= 0.6 is 0 Å². The van der Waals surface area contributed by atoms with Gasteiger partial charge in [0, 0.05) is 12.1 Å². The fourth-order valence-corrected chi connectivity index (χ4v) is 1.67. The molecular weight excluding hydrogens is 214 g/mol. The lowest BCUT2D eigenvalue weighted by Gasteiger charge is -2.14. The Morgan fingerprint density at radius 2 is 2.06 bits per heavy atom. The van der Waals surface area contributed by atoms with Crippen LogP contribution in [0.5, 0.6) is 0 Å². The maximum Gasteiger partial charge on any atom is 0.328 e. The molecule has 0 aliphatic heterocycles. The number of carboxylic acids is 1. The zero-order valence-corrected chi connectivity index (χ0v) is 10.5. The average Bonchev–Trinajstić information content (AvgIpc) is 2.26. The van der Waals surface area contributed by atoms with Crippen molar-refractivity contribution in [1.82, 2.24) is 0 Å². The van der Waals surface area contributed by atoms with Gasteiger partial charge in [0.15, 0.2) is 0 Å². The number of nitrogens with two attached hydrogens (primary N) is 1. The molecule has 92 valence electrons. The Morgan fingerprint density at radius 3 is 2.59 bits per heavy atom. The Kier molecular flexibility index (Phi) is 4.46. The molecule has 0 heterocycles. The highest BCUT2D eigenvalue weighted by Crippen LogP contribution is 2.23. The second kappa shape index (κ2) is 5.64. The van der Waals surface area contributed by atoms with Crippen molar-refractivity contribution < 1.29 is 9.90 Å². The summed E-state index contributed by atoms with van der Waals surface area (Å²) in [6.07, 6.45) is 2.60. The Bertz CT molecular complexity index is 436. The molecule has 1 rings (SSSR count). The third kappa shape index (κ3) is 3.71. The Balaban J connectivity index is 3.03. The molecule has 3 heteroatoms. The van der Waals surface area contributed by atoms with Gasteiger partial charge in [-0.3, -0.25) is 0 Å². The second-order valence-corrected chi connectivity index (χ2v) is 4.49. The molecule has 1 aromatic rings. The molecule has 0 saturated carbocycles. The Labute approximate surface area is 102 Å². The summed E-state index contributed by atoms with van der Waals surface area (Å²) in [5.41, 5.74) is 9.24. The van der Waals surface area contributed by atoms with Gasteiger partial charge in [0.2, 0.25) is 0 Å². The predicted octanol–water partition coefficient (Wildman–Crippen LogP) is 2.76. The van der Waals surface area contributed by atoms with Crippen molar-refractivity contribution in [2.45, 2.75) is 32.7 Å². The molecule has 0 amide bonds. The summed E-state index contributed by atoms with van der Waals surface area (Å²) in [7, 11) is 0. The third-order valence-corrected chi connectivity index (χ3v) is 2.78. The van der Waals surface area contributed by atoms with Crippen LogP contribution in [0.15, 0.2) is 30.4 Å². The first-order valence-electron chi connectivity index (χ1n) is 5.69. The van der Waals surface area contributed by atoms with E-state index < -0.39 is 5.97 Å². The van der Waals surface area contributed by atoms with Crippen molar-refractivity contribution in [2.75, 3.05) is 0 Å². The van der Waals surface area contributed by atoms with Crippen LogP contribution in [0.25, 0.3) is 0 Å². The van der Waals surface area contributed by atoms with E-state index in [1.165, 1.54) is 11.6 Å². The number of aryl methyl sites for hydroxylation is 1. The highest BCUT2D eigenvalue weighted by Gasteiger charge is 2.09. The number of rotatable bonds is 4. The number of benzene rings is 1. The van der Waals surface area contributed by atoms with E-state index in [1.54, 1.807) is 0 Å². The molecule has 17 heavy (non-hydrogen) atoms. The first-order valence-corrected chi connectivity index (χ1v) is 5.69. The summed E-state index contributed by atoms with van der Waals surface area (Å²) < 4.78 is 0. The highest BCUT2D eigenvalue weighted by molar-refractivity contribution is 5.79. The van der Waals surface area contributed by atoms with Crippen molar-refractivity contribution in [2.24, 2.45) is 5.73 Å². The maximum atomic E-state index is 10.5. The summed E-state index contributed by atoms with van der Waals surface area (Å²) in [5, 5.41) is 8.58. The molecule has 0 aromatic heterocycles. The fourth-order valence-electron chi connectivity index (χ4n) is 1.67. The Hall–Kier alpha value is -1.61. The second-order valence-electron chi connectivity index (χ2n) is 4.49. The predicted molar refractivity (Wildman–Crippen MR) is 69.0 cm³/mol. The van der Waals surface area contributed by atoms with E-state index in [1.807, 2.05) is 13.0 Å². The fraction of sp³-hybridized carbons (Fsp3) is 0.357. The van der Waals surface area contributed by atoms with Gasteiger partial charge in [0.25, 0.3) is 0 Å². The van der Waals surface area contributed by atoms with Crippen LogP contribution < -0.4 is 5.73 Å². The van der Waals surface area contributed by atoms with Crippen molar-refractivity contribution in [3.8, 4) is 0 Å². The minimum absolute atomic E-state index is 0.371. The van der Waals surface area contributed by atoms with Gasteiger partial charge in [-0.2, -0.15) is 0 Å². The summed E-state index contributed by atoms with van der Waals surface area (Å²) in [4.78, 5) is 10.5. The lowest BCUT2D eigenvalue weighted by Crippen LogP contribution is -2.10. The zero-order chi connectivity index (χ0) is 13.0. The van der Waals surface area contributed by atoms with E-state index in [0.29, 0.717) is 5.92 Å². The van der Waals surface area contributed by atoms with Gasteiger partial charge in [-0.15, -0.1) is 0 Å². The van der Waals surface area contributed by atoms with Gasteiger partial charge in [-0.1, -0.05) is 38.1 Å². The van der Waals surface area contributed by atoms with Crippen LogP contribution in [0.1, 0.15) is 42.5 Å². The molecule has 3 nitrogen and oxygen atoms in total. The molecule has 0 aliphatic carbocycles. The van der Waals surface area contributed by atoms with Gasteiger partial charge in [0.05, 0.1) is 0 Å². The first-order chi connectivity index (χ1) is 7.91. The largest absolute Gasteiger partial charge is 0.478 e. The van der Waals surface area contributed by atoms with E-state index in [2.05, 4.69) is 26.0 Å². The third-order valence-electron chi connectivity index (χ3n) is 2.78. The topological polar surface area (TPSA) is 63.3 Å². The molecule has 0 saturated heterocycles. The van der Waals surface area contributed by atoms with Gasteiger partial charge < -0.3 is 10.8 Å². The van der Waals surface area contributed by atoms with Crippen LogP contribution in [0, 0.1) is 6.92 Å². The van der Waals surface area contributed by atoms with Gasteiger partial charge in [0.1, 0.15) is 0 Å². The Morgan fingerprint density at radius 1 is 1.41 bits per heavy atom. The van der Waals surface area contributed by atoms with Crippen LogP contribution in [-0.2, 0) is 4.79 Å². The lowest BCUT2D eigenvalue weighted by atomic mass is 9.94. The van der Waals surface area contributed by atoms with Gasteiger partial charge in [-0.05, 0) is 29.5 Å². The van der Waals surface area contributed by atoms with Gasteiger partial charge in [-0.25, -0.2) is 4.79 Å². The van der Waals surface area contributed by atoms with Crippen LogP contribution in [0.3, 0.4) is 0 Å². The van der Waals surface area contributed by atoms with E-state index in [9.17, 15) is 4.79 Å². The number of aliphatic carboxylic acids is 1. The van der Waals surface area contributed by atoms with E-state index in [4.69, 9.17) is 10.8 Å². The maximum absolute atomic E-state index is 10.5. The molecule has 0 fully saturated rings. The molecule has 0 spiro atoms. The van der Waals surface area contributed by atoms with Crippen LogP contribution in [0.4, 0.5) is 0 Å². The molecule has 0 radical (unpaired) electrons. The number of carboxylic acid groups (broad SMARTS) is 1. The standard InChI is InChI=1S/C14H19NO2/c1-9(2)11-5-4-10(3)12(8-11)13(15)6-7-14(16)17/h4-9,13H,15H2,1-3H3,(H,16,17)/b7-6+. The minimum atomic E-state index is -0.974. The quantitative estimate of drug-likeness (QED) is 0.786. The number of hydrogen-bond donors (Lipinski definition) is 2. The van der Waals surface area contributed by atoms with Crippen molar-refractivity contribution in [1.29, 1.82) is 0 Å². The summed E-state index contributed by atoms with van der Waals surface area (Å²) >= 11 is 0. The monoisotopic (exact) mass is 233 g/mol. The molecule has 3 N–H and O–H groups in total. The number of hydrogen-bond acceptors (Lipinski definition) is 2. The van der Waals surface area contributed by atoms with E-state index in [0.717, 1.165) is 17.2 Å². The molecule has 0 aliphatic rings. The first kappa shape index (κ1) is 13.5. The minimum Gasteiger partial charge on any atom is -0.478 e. The lowest BCUT2D eigenvalue weighted by molar-refractivity contribution is -0.131. The molecule has 1 unspecified atom stereocenters. The average molecular weight is 233 g/mol. The summed E-state index contributed by atoms with van der Waals surface area (Å²) in [6, 6.07) is 5.79. The normalized spacial score (nSPS) is 13.2. The highest BCUT2D eigenvalue weighted by atomic mass is 16.4. The van der Waals surface area contributed by atoms with Gasteiger partial charge >= 0.3 is 5.97 Å². The smallest absolute Gasteiger partial charge is 0.328 e. The summed E-state index contributed by atoms with van der Waals surface area (Å²) in [6.45, 7) is 6.22. The summed E-state index contributed by atoms with van der Waals surface area (Å²) in [5.74, 6) is -0.539. The van der Waals surface area contributed by atoms with E-state index >= 15 is 0 Å². The van der Waals surface area contributed by atoms with Crippen LogP contribution in [0.2, 0.25) is 0 Å². The van der Waals surface area contributed by atoms with Crippen molar-refractivity contribution >= 4 is 5.97 Å². The zero-order valence-electron chi connectivity index (χ0n) is 10.5. The van der Waals surface area contributed by atoms with Crippen molar-refractivity contribution in [3.63, 3.8) is 0 Å². The van der Waals surface area contributed by atoms with Crippen LogP contribution in [-0.4, -0.2) is 11.1 Å². The van der Waals surface area contributed by atoms with E-state index in [-0.39, 0.29) is 6.04 Å². The molecular formula is C14H19NO2. The molecule has 1 aromatic carbocycles. The number of carbonyl (C=O) groups is 1. The molecule has 0 bridgehead atoms. The SMILES string of the molecule is Cc1ccc(C(C)C)cc1C(N)/C=C/C(=O)O. The molecule has 1 atom stereocenters. The van der Waals surface area contributed by atoms with Crippen molar-refractivity contribution in [3.05, 3.63) is 47.0 Å².